The molecule has 0 aliphatic carbocycles. The monoisotopic (exact) mass is 251 g/mol. The van der Waals surface area contributed by atoms with Gasteiger partial charge in [0.15, 0.2) is 0 Å². The van der Waals surface area contributed by atoms with Crippen LogP contribution in [0.15, 0.2) is 6.20 Å². The van der Waals surface area contributed by atoms with Crippen molar-refractivity contribution in [2.45, 2.75) is 25.3 Å². The predicted molar refractivity (Wildman–Crippen MR) is 65.5 cm³/mol. The number of nitrogens with two attached hydrogens (primary N) is 2. The first-order chi connectivity index (χ1) is 8.52. The van der Waals surface area contributed by atoms with E-state index >= 15 is 0 Å². The molecule has 1 fully saturated rings. The highest BCUT2D eigenvalue weighted by atomic mass is 16.2. The molecule has 1 aromatic heterocycles. The van der Waals surface area contributed by atoms with Gasteiger partial charge in [-0.25, -0.2) is 0 Å². The van der Waals surface area contributed by atoms with Crippen LogP contribution < -0.4 is 11.5 Å². The van der Waals surface area contributed by atoms with E-state index in [1.807, 2.05) is 0 Å². The Labute approximate surface area is 105 Å². The Balaban J connectivity index is 2.26. The standard InChI is InChI=1S/C11H17N5O2/c1-15-9(12)7(6-14-15)11(18)16-5-3-2-4-8(16)10(13)17/h6,8H,2-5,12H2,1H3,(H2,13,17). The molecule has 2 rings (SSSR count). The van der Waals surface area contributed by atoms with Gasteiger partial charge in [-0.2, -0.15) is 5.10 Å². The molecule has 1 aromatic rings. The number of carbonyl (C=O) groups is 2. The smallest absolute Gasteiger partial charge is 0.259 e. The average molecular weight is 251 g/mol. The van der Waals surface area contributed by atoms with Crippen molar-refractivity contribution in [3.63, 3.8) is 0 Å². The van der Waals surface area contributed by atoms with Crippen molar-refractivity contribution in [2.75, 3.05) is 12.3 Å². The number of rotatable bonds is 2. The molecule has 98 valence electrons. The van der Waals surface area contributed by atoms with Gasteiger partial charge in [0, 0.05) is 13.6 Å². The van der Waals surface area contributed by atoms with E-state index in [0.717, 1.165) is 12.8 Å². The lowest BCUT2D eigenvalue weighted by atomic mass is 10.0. The second kappa shape index (κ2) is 4.67. The van der Waals surface area contributed by atoms with Crippen LogP contribution in [-0.4, -0.2) is 39.1 Å². The lowest BCUT2D eigenvalue weighted by Gasteiger charge is -2.33. The van der Waals surface area contributed by atoms with Crippen molar-refractivity contribution >= 4 is 17.6 Å². The number of nitrogens with zero attached hydrogens (tertiary/aromatic N) is 3. The maximum atomic E-state index is 12.3. The Morgan fingerprint density at radius 3 is 2.72 bits per heavy atom. The number of nitrogen functional groups attached to an aromatic ring is 1. The Hall–Kier alpha value is -2.05. The van der Waals surface area contributed by atoms with Gasteiger partial charge in [0.25, 0.3) is 5.91 Å². The van der Waals surface area contributed by atoms with Gasteiger partial charge in [-0.3, -0.25) is 14.3 Å². The topological polar surface area (TPSA) is 107 Å². The van der Waals surface area contributed by atoms with E-state index in [4.69, 9.17) is 11.5 Å². The van der Waals surface area contributed by atoms with E-state index in [-0.39, 0.29) is 5.91 Å². The number of hydrogen-bond donors (Lipinski definition) is 2. The third kappa shape index (κ3) is 2.03. The number of piperidine rings is 1. The summed E-state index contributed by atoms with van der Waals surface area (Å²) >= 11 is 0. The van der Waals surface area contributed by atoms with E-state index in [1.54, 1.807) is 7.05 Å². The number of anilines is 1. The number of primary amides is 1. The molecule has 1 aliphatic rings. The maximum Gasteiger partial charge on any atom is 0.259 e. The molecule has 18 heavy (non-hydrogen) atoms. The molecular formula is C11H17N5O2. The zero-order chi connectivity index (χ0) is 13.3. The van der Waals surface area contributed by atoms with Crippen LogP contribution in [0.5, 0.6) is 0 Å². The Morgan fingerprint density at radius 2 is 2.17 bits per heavy atom. The van der Waals surface area contributed by atoms with E-state index in [2.05, 4.69) is 5.10 Å². The van der Waals surface area contributed by atoms with Gasteiger partial charge in [0.05, 0.1) is 6.20 Å². The number of carbonyl (C=O) groups excluding carboxylic acids is 2. The summed E-state index contributed by atoms with van der Waals surface area (Å²) in [4.78, 5) is 25.2. The molecule has 0 aromatic carbocycles. The lowest BCUT2D eigenvalue weighted by Crippen LogP contribution is -2.50. The first-order valence-electron chi connectivity index (χ1n) is 5.90. The van der Waals surface area contributed by atoms with Crippen LogP contribution in [0.1, 0.15) is 29.6 Å². The highest BCUT2D eigenvalue weighted by molar-refractivity contribution is 6.00. The van der Waals surface area contributed by atoms with Crippen LogP contribution in [0.4, 0.5) is 5.82 Å². The van der Waals surface area contributed by atoms with Crippen molar-refractivity contribution in [1.82, 2.24) is 14.7 Å². The number of aromatic nitrogens is 2. The number of hydrogen-bond acceptors (Lipinski definition) is 4. The van der Waals surface area contributed by atoms with Crippen molar-refractivity contribution in [3.8, 4) is 0 Å². The third-order valence-corrected chi connectivity index (χ3v) is 3.31. The van der Waals surface area contributed by atoms with Gasteiger partial charge in [-0.05, 0) is 19.3 Å². The van der Waals surface area contributed by atoms with Gasteiger partial charge in [-0.15, -0.1) is 0 Å². The van der Waals surface area contributed by atoms with Crippen LogP contribution in [0.2, 0.25) is 0 Å². The van der Waals surface area contributed by atoms with Gasteiger partial charge in [0.1, 0.15) is 17.4 Å². The Bertz CT molecular complexity index is 482. The van der Waals surface area contributed by atoms with Crippen molar-refractivity contribution < 1.29 is 9.59 Å². The van der Waals surface area contributed by atoms with E-state index in [9.17, 15) is 9.59 Å². The second-order valence-electron chi connectivity index (χ2n) is 4.48. The molecular weight excluding hydrogens is 234 g/mol. The van der Waals surface area contributed by atoms with Crippen molar-refractivity contribution in [3.05, 3.63) is 11.8 Å². The maximum absolute atomic E-state index is 12.3. The lowest BCUT2D eigenvalue weighted by molar-refractivity contribution is -0.123. The minimum atomic E-state index is -0.536. The molecule has 7 nitrogen and oxygen atoms in total. The fourth-order valence-corrected chi connectivity index (χ4v) is 2.24. The predicted octanol–water partition coefficient (Wildman–Crippen LogP) is -0.518. The molecule has 1 aliphatic heterocycles. The summed E-state index contributed by atoms with van der Waals surface area (Å²) < 4.78 is 1.43. The first-order valence-corrected chi connectivity index (χ1v) is 5.90. The fourth-order valence-electron chi connectivity index (χ4n) is 2.24. The fraction of sp³-hybridized carbons (Fsp3) is 0.545. The normalized spacial score (nSPS) is 19.8. The molecule has 1 atom stereocenters. The minimum absolute atomic E-state index is 0.274. The minimum Gasteiger partial charge on any atom is -0.383 e. The van der Waals surface area contributed by atoms with Crippen LogP contribution in [0.25, 0.3) is 0 Å². The van der Waals surface area contributed by atoms with E-state index in [1.165, 1.54) is 15.8 Å². The highest BCUT2D eigenvalue weighted by Gasteiger charge is 2.32. The quantitative estimate of drug-likeness (QED) is 0.737. The van der Waals surface area contributed by atoms with Gasteiger partial charge in [0.2, 0.25) is 5.91 Å². The van der Waals surface area contributed by atoms with Gasteiger partial charge < -0.3 is 16.4 Å². The SMILES string of the molecule is Cn1ncc(C(=O)N2CCCCC2C(N)=O)c1N. The van der Waals surface area contributed by atoms with Crippen LogP contribution in [0, 0.1) is 0 Å². The molecule has 0 spiro atoms. The largest absolute Gasteiger partial charge is 0.383 e. The summed E-state index contributed by atoms with van der Waals surface area (Å²) in [5.41, 5.74) is 11.4. The number of amides is 2. The number of likely N-dealkylation sites (tertiary alicyclic amines) is 1. The summed E-state index contributed by atoms with van der Waals surface area (Å²) in [6.45, 7) is 0.529. The molecule has 1 unspecified atom stereocenters. The first kappa shape index (κ1) is 12.4. The summed E-state index contributed by atoms with van der Waals surface area (Å²) in [6.07, 6.45) is 3.81. The molecule has 1 saturated heterocycles. The second-order valence-corrected chi connectivity index (χ2v) is 4.48. The Kier molecular flexibility index (Phi) is 3.22. The Morgan fingerprint density at radius 1 is 1.44 bits per heavy atom. The molecule has 2 heterocycles. The summed E-state index contributed by atoms with van der Waals surface area (Å²) in [7, 11) is 1.66. The average Bonchev–Trinajstić information content (AvgIpc) is 2.69. The zero-order valence-corrected chi connectivity index (χ0v) is 10.3. The molecule has 0 saturated carbocycles. The van der Waals surface area contributed by atoms with Crippen LogP contribution >= 0.6 is 0 Å². The van der Waals surface area contributed by atoms with E-state index < -0.39 is 11.9 Å². The van der Waals surface area contributed by atoms with Crippen molar-refractivity contribution in [2.24, 2.45) is 12.8 Å². The van der Waals surface area contributed by atoms with E-state index in [0.29, 0.717) is 24.3 Å². The zero-order valence-electron chi connectivity index (χ0n) is 10.3. The molecule has 2 amide bonds. The van der Waals surface area contributed by atoms with Crippen molar-refractivity contribution in [1.29, 1.82) is 0 Å². The molecule has 0 radical (unpaired) electrons. The molecule has 4 N–H and O–H groups in total. The van der Waals surface area contributed by atoms with Crippen LogP contribution in [-0.2, 0) is 11.8 Å². The molecule has 0 bridgehead atoms. The number of aryl methyl sites for hydroxylation is 1. The highest BCUT2D eigenvalue weighted by Crippen LogP contribution is 2.21. The summed E-state index contributed by atoms with van der Waals surface area (Å²) in [5.74, 6) is -0.441. The third-order valence-electron chi connectivity index (χ3n) is 3.31. The summed E-state index contributed by atoms with van der Waals surface area (Å²) in [6, 6.07) is -0.536. The van der Waals surface area contributed by atoms with Crippen LogP contribution in [0.3, 0.4) is 0 Å². The summed E-state index contributed by atoms with van der Waals surface area (Å²) in [5, 5.41) is 3.93. The van der Waals surface area contributed by atoms with Gasteiger partial charge in [-0.1, -0.05) is 0 Å². The van der Waals surface area contributed by atoms with Gasteiger partial charge >= 0.3 is 0 Å². The molecule has 7 heteroatoms.